The summed E-state index contributed by atoms with van der Waals surface area (Å²) >= 11 is 4.48. The van der Waals surface area contributed by atoms with Crippen LogP contribution in [0.4, 0.5) is 0 Å². The van der Waals surface area contributed by atoms with Crippen LogP contribution in [-0.2, 0) is 0 Å². The maximum atomic E-state index is 4.48. The molecule has 4 nitrogen and oxygen atoms in total. The minimum atomic E-state index is 0. The van der Waals surface area contributed by atoms with Crippen LogP contribution in [0.25, 0.3) is 0 Å². The SMILES string of the molecule is S=c1nn[nH][nH]1.[Na]. The maximum Gasteiger partial charge on any atom is 0.235 e. The average Bonchev–Trinajstić information content (AvgIpc) is 1.86. The van der Waals surface area contributed by atoms with E-state index >= 15 is 0 Å². The van der Waals surface area contributed by atoms with Crippen molar-refractivity contribution in [3.8, 4) is 0 Å². The molecule has 6 heteroatoms. The molecule has 0 saturated carbocycles. The number of hydrogen-bond donors (Lipinski definition) is 2. The molecule has 33 valence electrons. The number of H-pyrrole nitrogens is 2. The van der Waals surface area contributed by atoms with Gasteiger partial charge >= 0.3 is 0 Å². The summed E-state index contributed by atoms with van der Waals surface area (Å²) < 4.78 is 0.384. The predicted octanol–water partition coefficient (Wildman–Crippen LogP) is -0.519. The third-order valence-electron chi connectivity index (χ3n) is 0.354. The molecule has 1 radical (unpaired) electrons. The predicted molar refractivity (Wildman–Crippen MR) is 27.3 cm³/mol. The van der Waals surface area contributed by atoms with Gasteiger partial charge in [0, 0.05) is 29.6 Å². The van der Waals surface area contributed by atoms with Crippen molar-refractivity contribution in [2.75, 3.05) is 0 Å². The fourth-order valence-electron chi connectivity index (χ4n) is 0.168. The van der Waals surface area contributed by atoms with E-state index in [1.54, 1.807) is 0 Å². The molecular weight excluding hydrogens is 123 g/mol. The van der Waals surface area contributed by atoms with Crippen LogP contribution >= 0.6 is 12.2 Å². The minimum Gasteiger partial charge on any atom is -0.256 e. The van der Waals surface area contributed by atoms with Gasteiger partial charge in [-0.2, -0.15) is 5.21 Å². The molecule has 1 aromatic rings. The monoisotopic (exact) mass is 125 g/mol. The van der Waals surface area contributed by atoms with Crippen molar-refractivity contribution < 1.29 is 0 Å². The van der Waals surface area contributed by atoms with E-state index in [-0.39, 0.29) is 29.6 Å². The number of nitrogens with zero attached hydrogens (tertiary/aromatic N) is 2. The first kappa shape index (κ1) is 7.29. The van der Waals surface area contributed by atoms with E-state index in [1.807, 2.05) is 0 Å². The number of rotatable bonds is 0. The van der Waals surface area contributed by atoms with Gasteiger partial charge in [-0.1, -0.05) is 10.3 Å². The molecule has 1 rings (SSSR count). The van der Waals surface area contributed by atoms with E-state index in [0.29, 0.717) is 4.77 Å². The molecule has 0 atom stereocenters. The van der Waals surface area contributed by atoms with Crippen LogP contribution in [0.3, 0.4) is 0 Å². The van der Waals surface area contributed by atoms with Crippen LogP contribution in [0.1, 0.15) is 0 Å². The van der Waals surface area contributed by atoms with Crippen LogP contribution in [0, 0.1) is 4.77 Å². The molecule has 0 spiro atoms. The largest absolute Gasteiger partial charge is 0.256 e. The Labute approximate surface area is 67.0 Å². The summed E-state index contributed by atoms with van der Waals surface area (Å²) in [6.07, 6.45) is 0. The summed E-state index contributed by atoms with van der Waals surface area (Å²) in [5.41, 5.74) is 0. The van der Waals surface area contributed by atoms with Gasteiger partial charge in [0.1, 0.15) is 0 Å². The smallest absolute Gasteiger partial charge is 0.235 e. The Balaban J connectivity index is 0.000000360. The number of hydrogen-bond acceptors (Lipinski definition) is 3. The van der Waals surface area contributed by atoms with Crippen LogP contribution in [0.5, 0.6) is 0 Å². The zero-order valence-electron chi connectivity index (χ0n) is 3.80. The second-order valence-corrected chi connectivity index (χ2v) is 1.13. The number of nitrogens with one attached hydrogen (secondary N) is 2. The van der Waals surface area contributed by atoms with Crippen molar-refractivity contribution in [2.24, 2.45) is 0 Å². The Morgan fingerprint density at radius 1 is 1.57 bits per heavy atom. The summed E-state index contributed by atoms with van der Waals surface area (Å²) in [5.74, 6) is 0. The van der Waals surface area contributed by atoms with Crippen molar-refractivity contribution in [2.45, 2.75) is 0 Å². The molecular formula is CH2N4NaS. The zero-order chi connectivity index (χ0) is 4.41. The Kier molecular flexibility index (Phi) is 3.45. The van der Waals surface area contributed by atoms with Crippen molar-refractivity contribution in [3.63, 3.8) is 0 Å². The van der Waals surface area contributed by atoms with E-state index in [9.17, 15) is 0 Å². The Hall–Kier alpha value is 0.290. The molecule has 1 aromatic heterocycles. The van der Waals surface area contributed by atoms with E-state index in [0.717, 1.165) is 0 Å². The van der Waals surface area contributed by atoms with Crippen molar-refractivity contribution in [1.29, 1.82) is 0 Å². The van der Waals surface area contributed by atoms with Gasteiger partial charge in [0.15, 0.2) is 0 Å². The Morgan fingerprint density at radius 3 is 2.43 bits per heavy atom. The topological polar surface area (TPSA) is 57.4 Å². The molecule has 0 unspecified atom stereocenters. The summed E-state index contributed by atoms with van der Waals surface area (Å²) in [4.78, 5) is 0. The van der Waals surface area contributed by atoms with E-state index < -0.39 is 0 Å². The first-order valence-electron chi connectivity index (χ1n) is 1.35. The van der Waals surface area contributed by atoms with E-state index in [2.05, 4.69) is 32.8 Å². The molecule has 0 fully saturated rings. The Bertz CT molecular complexity index is 149. The third-order valence-corrected chi connectivity index (χ3v) is 0.537. The molecule has 0 amide bonds. The summed E-state index contributed by atoms with van der Waals surface area (Å²) in [5, 5.41) is 11.5. The molecule has 0 aliphatic carbocycles. The normalized spacial score (nSPS) is 7.43. The second-order valence-electron chi connectivity index (χ2n) is 0.742. The van der Waals surface area contributed by atoms with Crippen molar-refractivity contribution in [3.05, 3.63) is 4.77 Å². The second kappa shape index (κ2) is 3.31. The van der Waals surface area contributed by atoms with Gasteiger partial charge in [0.2, 0.25) is 4.77 Å². The molecule has 7 heavy (non-hydrogen) atoms. The quantitative estimate of drug-likeness (QED) is 0.362. The first-order chi connectivity index (χ1) is 2.89. The maximum absolute atomic E-state index is 4.48. The number of aromatic amines is 2. The van der Waals surface area contributed by atoms with E-state index in [4.69, 9.17) is 0 Å². The fraction of sp³-hybridized carbons (Fsp3) is 0. The first-order valence-corrected chi connectivity index (χ1v) is 1.76. The molecule has 0 bridgehead atoms. The van der Waals surface area contributed by atoms with Gasteiger partial charge in [-0.25, -0.2) is 0 Å². The van der Waals surface area contributed by atoms with Gasteiger partial charge < -0.3 is 0 Å². The Morgan fingerprint density at radius 2 is 2.29 bits per heavy atom. The molecule has 0 saturated heterocycles. The fourth-order valence-corrected chi connectivity index (χ4v) is 0.255. The molecule has 1 heterocycles. The molecule has 2 N–H and O–H groups in total. The van der Waals surface area contributed by atoms with Crippen molar-refractivity contribution in [1.82, 2.24) is 20.6 Å². The van der Waals surface area contributed by atoms with Crippen LogP contribution in [0.15, 0.2) is 0 Å². The number of aromatic nitrogens is 4. The summed E-state index contributed by atoms with van der Waals surface area (Å²) in [7, 11) is 0. The van der Waals surface area contributed by atoms with Gasteiger partial charge in [-0.3, -0.25) is 5.10 Å². The zero-order valence-corrected chi connectivity index (χ0v) is 6.62. The van der Waals surface area contributed by atoms with Crippen LogP contribution < -0.4 is 0 Å². The summed E-state index contributed by atoms with van der Waals surface area (Å²) in [6, 6.07) is 0. The van der Waals surface area contributed by atoms with Crippen LogP contribution in [0.2, 0.25) is 0 Å². The van der Waals surface area contributed by atoms with Gasteiger partial charge in [-0.05, 0) is 12.2 Å². The minimum absolute atomic E-state index is 0. The standard InChI is InChI=1S/CH2N4S.Na/c6-1-2-4-5-3-1;/h(H2,2,3,4,5,6);. The van der Waals surface area contributed by atoms with E-state index in [1.165, 1.54) is 0 Å². The summed E-state index contributed by atoms with van der Waals surface area (Å²) in [6.45, 7) is 0. The molecule has 0 aliphatic rings. The van der Waals surface area contributed by atoms with Gasteiger partial charge in [-0.15, -0.1) is 0 Å². The number of tetrazole rings is 1. The van der Waals surface area contributed by atoms with Crippen molar-refractivity contribution >= 4 is 41.8 Å². The van der Waals surface area contributed by atoms with Gasteiger partial charge in [0.05, 0.1) is 0 Å². The van der Waals surface area contributed by atoms with Gasteiger partial charge in [0.25, 0.3) is 0 Å². The average molecular weight is 125 g/mol. The molecule has 0 aliphatic heterocycles. The third kappa shape index (κ3) is 2.18. The molecule has 0 aromatic carbocycles. The van der Waals surface area contributed by atoms with Crippen LogP contribution in [-0.4, -0.2) is 50.2 Å².